The minimum Gasteiger partial charge on any atom is -0.399 e. The van der Waals surface area contributed by atoms with E-state index < -0.39 is 6.10 Å². The summed E-state index contributed by atoms with van der Waals surface area (Å²) < 4.78 is 0. The van der Waals surface area contributed by atoms with Crippen molar-refractivity contribution in [3.63, 3.8) is 0 Å². The minimum atomic E-state index is -0.554. The molecule has 0 spiro atoms. The van der Waals surface area contributed by atoms with Gasteiger partial charge in [-0.1, -0.05) is 13.0 Å². The molecule has 2 atom stereocenters. The van der Waals surface area contributed by atoms with E-state index in [2.05, 4.69) is 6.92 Å². The molecule has 0 bridgehead atoms. The molecule has 1 aromatic rings. The van der Waals surface area contributed by atoms with Gasteiger partial charge in [0.1, 0.15) is 0 Å². The third-order valence-electron chi connectivity index (χ3n) is 2.43. The van der Waals surface area contributed by atoms with E-state index in [-0.39, 0.29) is 6.04 Å². The van der Waals surface area contributed by atoms with E-state index in [4.69, 9.17) is 11.5 Å². The van der Waals surface area contributed by atoms with Gasteiger partial charge in [0.05, 0.1) is 12.1 Å². The van der Waals surface area contributed by atoms with Crippen molar-refractivity contribution in [1.29, 1.82) is 0 Å². The van der Waals surface area contributed by atoms with Crippen molar-refractivity contribution >= 4 is 5.69 Å². The number of hydrogen-bond acceptors (Lipinski definition) is 3. The zero-order valence-corrected chi connectivity index (χ0v) is 8.70. The van der Waals surface area contributed by atoms with Crippen molar-refractivity contribution in [3.8, 4) is 0 Å². The molecule has 0 heterocycles. The Labute approximate surface area is 84.7 Å². The molecule has 0 aromatic heterocycles. The summed E-state index contributed by atoms with van der Waals surface area (Å²) >= 11 is 0. The number of rotatable bonds is 3. The summed E-state index contributed by atoms with van der Waals surface area (Å²) in [5, 5.41) is 9.42. The monoisotopic (exact) mass is 194 g/mol. The van der Waals surface area contributed by atoms with Gasteiger partial charge in [-0.05, 0) is 36.6 Å². The van der Waals surface area contributed by atoms with Crippen LogP contribution in [0.3, 0.4) is 0 Å². The highest BCUT2D eigenvalue weighted by Crippen LogP contribution is 2.22. The van der Waals surface area contributed by atoms with E-state index in [1.165, 1.54) is 0 Å². The van der Waals surface area contributed by atoms with E-state index in [0.717, 1.165) is 17.5 Å². The molecule has 0 saturated carbocycles. The van der Waals surface area contributed by atoms with Crippen LogP contribution < -0.4 is 11.5 Å². The number of hydrogen-bond donors (Lipinski definition) is 3. The lowest BCUT2D eigenvalue weighted by atomic mass is 9.95. The largest absolute Gasteiger partial charge is 0.399 e. The second kappa shape index (κ2) is 4.44. The maximum atomic E-state index is 9.42. The van der Waals surface area contributed by atoms with Crippen molar-refractivity contribution in [3.05, 3.63) is 29.3 Å². The van der Waals surface area contributed by atoms with Crippen LogP contribution in [0, 0.1) is 0 Å². The molecule has 0 aliphatic carbocycles. The first-order valence-corrected chi connectivity index (χ1v) is 4.88. The van der Waals surface area contributed by atoms with E-state index >= 15 is 0 Å². The number of nitrogen functional groups attached to an aromatic ring is 1. The number of aliphatic hydroxyl groups is 1. The van der Waals surface area contributed by atoms with E-state index in [0.29, 0.717) is 5.69 Å². The topological polar surface area (TPSA) is 72.3 Å². The lowest BCUT2D eigenvalue weighted by Gasteiger charge is -2.18. The quantitative estimate of drug-likeness (QED) is 0.633. The molecule has 1 rings (SSSR count). The molecule has 78 valence electrons. The van der Waals surface area contributed by atoms with Crippen molar-refractivity contribution in [2.75, 3.05) is 5.73 Å². The number of aliphatic hydroxyl groups excluding tert-OH is 1. The normalized spacial score (nSPS) is 15.1. The highest BCUT2D eigenvalue weighted by Gasteiger charge is 2.15. The Morgan fingerprint density at radius 2 is 2.07 bits per heavy atom. The molecule has 5 N–H and O–H groups in total. The Morgan fingerprint density at radius 1 is 1.43 bits per heavy atom. The predicted molar refractivity (Wildman–Crippen MR) is 58.8 cm³/mol. The first-order chi connectivity index (χ1) is 6.56. The molecule has 1 aromatic carbocycles. The summed E-state index contributed by atoms with van der Waals surface area (Å²) in [7, 11) is 0. The zero-order chi connectivity index (χ0) is 10.7. The molecule has 3 heteroatoms. The van der Waals surface area contributed by atoms with Crippen LogP contribution in [0.4, 0.5) is 5.69 Å². The Balaban J connectivity index is 3.10. The SMILES string of the molecule is CCc1ccc(N)cc1[C@@H](N)[C@H](C)O. The number of benzene rings is 1. The lowest BCUT2D eigenvalue weighted by Crippen LogP contribution is -2.24. The van der Waals surface area contributed by atoms with Crippen molar-refractivity contribution in [2.45, 2.75) is 32.4 Å². The van der Waals surface area contributed by atoms with Crippen LogP contribution in [-0.2, 0) is 6.42 Å². The van der Waals surface area contributed by atoms with Crippen LogP contribution in [0.5, 0.6) is 0 Å². The van der Waals surface area contributed by atoms with Crippen LogP contribution >= 0.6 is 0 Å². The van der Waals surface area contributed by atoms with Crippen LogP contribution in [0.1, 0.15) is 31.0 Å². The fourth-order valence-electron chi connectivity index (χ4n) is 1.51. The van der Waals surface area contributed by atoms with Gasteiger partial charge in [0.15, 0.2) is 0 Å². The van der Waals surface area contributed by atoms with Gasteiger partial charge in [-0.2, -0.15) is 0 Å². The summed E-state index contributed by atoms with van der Waals surface area (Å²) in [6.45, 7) is 3.75. The molecule has 3 nitrogen and oxygen atoms in total. The fraction of sp³-hybridized carbons (Fsp3) is 0.455. The number of anilines is 1. The first-order valence-electron chi connectivity index (χ1n) is 4.88. The van der Waals surface area contributed by atoms with Crippen LogP contribution in [0.15, 0.2) is 18.2 Å². The van der Waals surface area contributed by atoms with Gasteiger partial charge in [0.25, 0.3) is 0 Å². The molecule has 14 heavy (non-hydrogen) atoms. The molecule has 0 fully saturated rings. The van der Waals surface area contributed by atoms with Gasteiger partial charge < -0.3 is 16.6 Å². The van der Waals surface area contributed by atoms with Gasteiger partial charge in [-0.15, -0.1) is 0 Å². The van der Waals surface area contributed by atoms with E-state index in [1.54, 1.807) is 6.92 Å². The lowest BCUT2D eigenvalue weighted by molar-refractivity contribution is 0.164. The predicted octanol–water partition coefficient (Wildman–Crippen LogP) is 1.21. The molecule has 0 amide bonds. The highest BCUT2D eigenvalue weighted by molar-refractivity contribution is 5.46. The Kier molecular flexibility index (Phi) is 3.49. The van der Waals surface area contributed by atoms with Gasteiger partial charge in [0, 0.05) is 5.69 Å². The average Bonchev–Trinajstić information content (AvgIpc) is 2.16. The summed E-state index contributed by atoms with van der Waals surface area (Å²) in [5.41, 5.74) is 14.3. The highest BCUT2D eigenvalue weighted by atomic mass is 16.3. The van der Waals surface area contributed by atoms with Crippen molar-refractivity contribution < 1.29 is 5.11 Å². The van der Waals surface area contributed by atoms with Gasteiger partial charge in [-0.3, -0.25) is 0 Å². The van der Waals surface area contributed by atoms with Crippen LogP contribution in [-0.4, -0.2) is 11.2 Å². The van der Waals surface area contributed by atoms with E-state index in [9.17, 15) is 5.11 Å². The molecular formula is C11H18N2O. The summed E-state index contributed by atoms with van der Waals surface area (Å²) in [6, 6.07) is 5.31. The third kappa shape index (κ3) is 2.25. The molecule has 0 aliphatic heterocycles. The standard InChI is InChI=1S/C11H18N2O/c1-3-8-4-5-9(12)6-10(8)11(13)7(2)14/h4-7,11,14H,3,12-13H2,1-2H3/t7-,11-/m0/s1. The Morgan fingerprint density at radius 3 is 2.57 bits per heavy atom. The number of nitrogens with two attached hydrogens (primary N) is 2. The van der Waals surface area contributed by atoms with Gasteiger partial charge >= 0.3 is 0 Å². The average molecular weight is 194 g/mol. The Hall–Kier alpha value is -1.06. The Bertz CT molecular complexity index is 310. The van der Waals surface area contributed by atoms with Crippen LogP contribution in [0.25, 0.3) is 0 Å². The number of aryl methyl sites for hydroxylation is 1. The van der Waals surface area contributed by atoms with E-state index in [1.807, 2.05) is 18.2 Å². The molecular weight excluding hydrogens is 176 g/mol. The second-order valence-corrected chi connectivity index (χ2v) is 3.58. The maximum absolute atomic E-state index is 9.42. The minimum absolute atomic E-state index is 0.353. The van der Waals surface area contributed by atoms with Gasteiger partial charge in [-0.25, -0.2) is 0 Å². The van der Waals surface area contributed by atoms with Crippen molar-refractivity contribution in [1.82, 2.24) is 0 Å². The summed E-state index contributed by atoms with van der Waals surface area (Å²) in [6.07, 6.45) is 0.345. The summed E-state index contributed by atoms with van der Waals surface area (Å²) in [5.74, 6) is 0. The van der Waals surface area contributed by atoms with Crippen molar-refractivity contribution in [2.24, 2.45) is 5.73 Å². The first kappa shape index (κ1) is 11.0. The molecule has 0 saturated heterocycles. The van der Waals surface area contributed by atoms with Gasteiger partial charge in [0.2, 0.25) is 0 Å². The fourth-order valence-corrected chi connectivity index (χ4v) is 1.51. The molecule has 0 unspecified atom stereocenters. The maximum Gasteiger partial charge on any atom is 0.0704 e. The third-order valence-corrected chi connectivity index (χ3v) is 2.43. The molecule has 0 aliphatic rings. The zero-order valence-electron chi connectivity index (χ0n) is 8.70. The summed E-state index contributed by atoms with van der Waals surface area (Å²) in [4.78, 5) is 0. The second-order valence-electron chi connectivity index (χ2n) is 3.58. The smallest absolute Gasteiger partial charge is 0.0704 e. The molecule has 0 radical (unpaired) electrons. The van der Waals surface area contributed by atoms with Crippen LogP contribution in [0.2, 0.25) is 0 Å².